The highest BCUT2D eigenvalue weighted by atomic mass is 32.2. The van der Waals surface area contributed by atoms with Gasteiger partial charge in [-0.1, -0.05) is 26.0 Å². The van der Waals surface area contributed by atoms with Gasteiger partial charge in [-0.05, 0) is 24.5 Å². The Morgan fingerprint density at radius 2 is 1.89 bits per heavy atom. The van der Waals surface area contributed by atoms with Crippen LogP contribution in [0.1, 0.15) is 20.3 Å². The Morgan fingerprint density at radius 1 is 1.32 bits per heavy atom. The average Bonchev–Trinajstić information content (AvgIpc) is 2.27. The number of carbonyl (C=O) groups excluding carboxylic acids is 1. The minimum Gasteiger partial charge on any atom is -0.324 e. The maximum Gasteiger partial charge on any atom is 0.241 e. The molecule has 1 aromatic carbocycles. The van der Waals surface area contributed by atoms with Crippen LogP contribution in [0.3, 0.4) is 0 Å². The van der Waals surface area contributed by atoms with Crippen LogP contribution in [-0.2, 0) is 14.8 Å². The summed E-state index contributed by atoms with van der Waals surface area (Å²) in [5.74, 6) is -0.154. The highest BCUT2D eigenvalue weighted by Gasteiger charge is 2.19. The van der Waals surface area contributed by atoms with E-state index in [1.807, 2.05) is 13.8 Å². The van der Waals surface area contributed by atoms with Crippen LogP contribution < -0.4 is 16.2 Å². The molecular formula is C12H19N3O3S. The van der Waals surface area contributed by atoms with Crippen molar-refractivity contribution in [2.75, 3.05) is 5.32 Å². The van der Waals surface area contributed by atoms with Gasteiger partial charge in [0.15, 0.2) is 0 Å². The molecule has 0 unspecified atom stereocenters. The lowest BCUT2D eigenvalue weighted by atomic mass is 10.0. The van der Waals surface area contributed by atoms with Crippen LogP contribution in [0.2, 0.25) is 0 Å². The number of primary sulfonamides is 1. The number of hydrogen-bond acceptors (Lipinski definition) is 4. The average molecular weight is 285 g/mol. The largest absolute Gasteiger partial charge is 0.324 e. The molecule has 1 aromatic rings. The van der Waals surface area contributed by atoms with Gasteiger partial charge >= 0.3 is 0 Å². The van der Waals surface area contributed by atoms with Crippen molar-refractivity contribution in [3.05, 3.63) is 24.3 Å². The van der Waals surface area contributed by atoms with E-state index in [2.05, 4.69) is 5.32 Å². The second-order valence-electron chi connectivity index (χ2n) is 4.77. The zero-order valence-electron chi connectivity index (χ0n) is 11.0. The second kappa shape index (κ2) is 6.14. The number of anilines is 1. The van der Waals surface area contributed by atoms with Crippen molar-refractivity contribution in [2.45, 2.75) is 31.2 Å². The molecule has 7 heteroatoms. The van der Waals surface area contributed by atoms with Gasteiger partial charge in [-0.25, -0.2) is 13.6 Å². The zero-order chi connectivity index (χ0) is 14.6. The van der Waals surface area contributed by atoms with E-state index in [-0.39, 0.29) is 16.5 Å². The number of para-hydroxylation sites is 1. The second-order valence-corrected chi connectivity index (χ2v) is 6.30. The monoisotopic (exact) mass is 285 g/mol. The first kappa shape index (κ1) is 15.6. The van der Waals surface area contributed by atoms with Crippen LogP contribution in [0, 0.1) is 5.92 Å². The summed E-state index contributed by atoms with van der Waals surface area (Å²) in [5, 5.41) is 7.58. The molecule has 5 N–H and O–H groups in total. The van der Waals surface area contributed by atoms with Gasteiger partial charge in [-0.3, -0.25) is 4.79 Å². The van der Waals surface area contributed by atoms with Crippen molar-refractivity contribution in [3.63, 3.8) is 0 Å². The van der Waals surface area contributed by atoms with Gasteiger partial charge in [0.1, 0.15) is 4.90 Å². The Balaban J connectivity index is 2.92. The lowest BCUT2D eigenvalue weighted by Gasteiger charge is -2.15. The number of nitrogens with two attached hydrogens (primary N) is 2. The number of benzene rings is 1. The van der Waals surface area contributed by atoms with Gasteiger partial charge in [-0.2, -0.15) is 0 Å². The third-order valence-corrected chi connectivity index (χ3v) is 3.48. The summed E-state index contributed by atoms with van der Waals surface area (Å²) in [6, 6.07) is 5.26. The van der Waals surface area contributed by atoms with Crippen LogP contribution in [0.25, 0.3) is 0 Å². The van der Waals surface area contributed by atoms with E-state index < -0.39 is 22.0 Å². The molecule has 19 heavy (non-hydrogen) atoms. The summed E-state index contributed by atoms with van der Waals surface area (Å²) in [7, 11) is -3.88. The molecule has 0 radical (unpaired) electrons. The third-order valence-electron chi connectivity index (χ3n) is 2.51. The predicted molar refractivity (Wildman–Crippen MR) is 73.9 cm³/mol. The van der Waals surface area contributed by atoms with E-state index in [1.54, 1.807) is 6.07 Å². The number of hydrogen-bond donors (Lipinski definition) is 3. The smallest absolute Gasteiger partial charge is 0.241 e. The molecule has 1 rings (SSSR count). The summed E-state index contributed by atoms with van der Waals surface area (Å²) in [6.45, 7) is 3.90. The van der Waals surface area contributed by atoms with Gasteiger partial charge in [0.25, 0.3) is 0 Å². The molecule has 0 spiro atoms. The van der Waals surface area contributed by atoms with Gasteiger partial charge in [-0.15, -0.1) is 0 Å². The highest BCUT2D eigenvalue weighted by molar-refractivity contribution is 7.89. The van der Waals surface area contributed by atoms with Crippen LogP contribution >= 0.6 is 0 Å². The van der Waals surface area contributed by atoms with Crippen LogP contribution in [-0.4, -0.2) is 20.4 Å². The highest BCUT2D eigenvalue weighted by Crippen LogP contribution is 2.19. The Bertz CT molecular complexity index is 555. The van der Waals surface area contributed by atoms with Crippen LogP contribution in [0.5, 0.6) is 0 Å². The third kappa shape index (κ3) is 4.62. The van der Waals surface area contributed by atoms with Crippen LogP contribution in [0.4, 0.5) is 5.69 Å². The minimum atomic E-state index is -3.88. The van der Waals surface area contributed by atoms with E-state index >= 15 is 0 Å². The molecule has 0 saturated heterocycles. The molecule has 1 amide bonds. The molecule has 1 atom stereocenters. The molecule has 0 fully saturated rings. The molecule has 6 nitrogen and oxygen atoms in total. The fourth-order valence-corrected chi connectivity index (χ4v) is 2.35. The summed E-state index contributed by atoms with van der Waals surface area (Å²) >= 11 is 0. The van der Waals surface area contributed by atoms with Crippen molar-refractivity contribution in [1.82, 2.24) is 0 Å². The van der Waals surface area contributed by atoms with Gasteiger partial charge in [0, 0.05) is 0 Å². The Morgan fingerprint density at radius 3 is 2.42 bits per heavy atom. The standard InChI is InChI=1S/C12H19N3O3S/c1-8(2)7-9(13)12(16)15-10-5-3-4-6-11(10)19(14,17)18/h3-6,8-9H,7,13H2,1-2H3,(H,15,16)(H2,14,17,18)/t9-/m0/s1. The van der Waals surface area contributed by atoms with E-state index in [1.165, 1.54) is 18.2 Å². The number of carbonyl (C=O) groups is 1. The fraction of sp³-hybridized carbons (Fsp3) is 0.417. The topological polar surface area (TPSA) is 115 Å². The summed E-state index contributed by atoms with van der Waals surface area (Å²) < 4.78 is 22.8. The molecule has 0 heterocycles. The fourth-order valence-electron chi connectivity index (χ4n) is 1.66. The number of amides is 1. The minimum absolute atomic E-state index is 0.125. The number of rotatable bonds is 5. The first-order valence-electron chi connectivity index (χ1n) is 5.90. The van der Waals surface area contributed by atoms with Crippen molar-refractivity contribution in [1.29, 1.82) is 0 Å². The first-order valence-corrected chi connectivity index (χ1v) is 7.44. The molecule has 106 valence electrons. The first-order chi connectivity index (χ1) is 8.71. The molecule has 0 aliphatic rings. The van der Waals surface area contributed by atoms with Crippen molar-refractivity contribution in [3.8, 4) is 0 Å². The normalized spacial score (nSPS) is 13.3. The van der Waals surface area contributed by atoms with Gasteiger partial charge in [0.05, 0.1) is 11.7 Å². The van der Waals surface area contributed by atoms with Crippen molar-refractivity contribution in [2.24, 2.45) is 16.8 Å². The summed E-state index contributed by atoms with van der Waals surface area (Å²) in [6.07, 6.45) is 0.517. The molecule has 0 aromatic heterocycles. The maximum absolute atomic E-state index is 11.9. The van der Waals surface area contributed by atoms with E-state index in [0.29, 0.717) is 6.42 Å². The Kier molecular flexibility index (Phi) is 5.04. The predicted octanol–water partition coefficient (Wildman–Crippen LogP) is 0.646. The van der Waals surface area contributed by atoms with E-state index in [4.69, 9.17) is 10.9 Å². The molecule has 0 saturated carbocycles. The zero-order valence-corrected chi connectivity index (χ0v) is 11.8. The molecule has 0 aliphatic carbocycles. The number of nitrogens with one attached hydrogen (secondary N) is 1. The van der Waals surface area contributed by atoms with Crippen LogP contribution in [0.15, 0.2) is 29.2 Å². The molecule has 0 aliphatic heterocycles. The number of sulfonamides is 1. The molecular weight excluding hydrogens is 266 g/mol. The molecule has 0 bridgehead atoms. The van der Waals surface area contributed by atoms with Crippen molar-refractivity contribution >= 4 is 21.6 Å². The summed E-state index contributed by atoms with van der Waals surface area (Å²) in [4.78, 5) is 11.7. The van der Waals surface area contributed by atoms with Gasteiger partial charge in [0.2, 0.25) is 15.9 Å². The quantitative estimate of drug-likeness (QED) is 0.736. The van der Waals surface area contributed by atoms with E-state index in [9.17, 15) is 13.2 Å². The lowest BCUT2D eigenvalue weighted by molar-refractivity contribution is -0.117. The summed E-state index contributed by atoms with van der Waals surface area (Å²) in [5.41, 5.74) is 5.88. The van der Waals surface area contributed by atoms with E-state index in [0.717, 1.165) is 0 Å². The maximum atomic E-state index is 11.9. The Hall–Kier alpha value is -1.44. The van der Waals surface area contributed by atoms with Crippen molar-refractivity contribution < 1.29 is 13.2 Å². The van der Waals surface area contributed by atoms with Gasteiger partial charge < -0.3 is 11.1 Å². The SMILES string of the molecule is CC(C)C[C@H](N)C(=O)Nc1ccccc1S(N)(=O)=O. The Labute approximate surface area is 113 Å². The lowest BCUT2D eigenvalue weighted by Crippen LogP contribution is -2.37.